The van der Waals surface area contributed by atoms with Crippen molar-refractivity contribution >= 4 is 67.2 Å². The molecule has 1 atom stereocenters. The molecule has 7 nitrogen and oxygen atoms in total. The Labute approximate surface area is 237 Å². The molecule has 1 unspecified atom stereocenters. The number of aryl methyl sites for hydroxylation is 1. The van der Waals surface area contributed by atoms with Crippen LogP contribution >= 0.6 is 46.3 Å². The molecular weight excluding hydrogens is 585 g/mol. The van der Waals surface area contributed by atoms with Gasteiger partial charge in [-0.1, -0.05) is 88.3 Å². The Hall–Kier alpha value is -2.89. The van der Waals surface area contributed by atoms with Gasteiger partial charge in [0.1, 0.15) is 10.9 Å². The highest BCUT2D eigenvalue weighted by Crippen LogP contribution is 2.46. The fourth-order valence-corrected chi connectivity index (χ4v) is 7.63. The maximum Gasteiger partial charge on any atom is 0.296 e. The van der Waals surface area contributed by atoms with Crippen LogP contribution in [0.4, 0.5) is 5.13 Å². The normalized spacial score (nSPS) is 15.9. The lowest BCUT2D eigenvalue weighted by Crippen LogP contribution is -2.31. The summed E-state index contributed by atoms with van der Waals surface area (Å²) in [4.78, 5) is 14.0. The van der Waals surface area contributed by atoms with E-state index in [1.165, 1.54) is 36.0 Å². The molecular formula is C26H19Cl2N3O4S3. The van der Waals surface area contributed by atoms with Gasteiger partial charge in [-0.05, 0) is 54.4 Å². The van der Waals surface area contributed by atoms with E-state index >= 15 is 0 Å². The SMILES string of the molecule is Cc1ccc(CSc2nnc(N3C(=O)C(O)=C(S(=O)(=O)c4ccc(Cl)cc4)C3c3ccc(Cl)cc3)s2)cc1. The molecule has 1 amide bonds. The Morgan fingerprint density at radius 2 is 1.55 bits per heavy atom. The largest absolute Gasteiger partial charge is 0.502 e. The molecule has 0 aliphatic carbocycles. The molecule has 1 aromatic heterocycles. The van der Waals surface area contributed by atoms with Crippen LogP contribution in [0.15, 0.2) is 92.7 Å². The molecule has 1 N–H and O–H groups in total. The van der Waals surface area contributed by atoms with Gasteiger partial charge in [0.05, 0.1) is 4.90 Å². The molecule has 3 aromatic carbocycles. The summed E-state index contributed by atoms with van der Waals surface area (Å²) in [7, 11) is -4.30. The van der Waals surface area contributed by atoms with E-state index in [1.807, 2.05) is 31.2 Å². The van der Waals surface area contributed by atoms with E-state index in [9.17, 15) is 18.3 Å². The first kappa shape index (κ1) is 26.7. The third kappa shape index (κ3) is 5.19. The molecule has 4 aromatic rings. The summed E-state index contributed by atoms with van der Waals surface area (Å²) in [5.41, 5.74) is 2.70. The molecule has 2 heterocycles. The van der Waals surface area contributed by atoms with Crippen LogP contribution in [0.1, 0.15) is 22.7 Å². The zero-order chi connectivity index (χ0) is 27.0. The third-order valence-electron chi connectivity index (χ3n) is 5.85. The van der Waals surface area contributed by atoms with Gasteiger partial charge < -0.3 is 5.11 Å². The topological polar surface area (TPSA) is 100 Å². The zero-order valence-corrected chi connectivity index (χ0v) is 23.7. The van der Waals surface area contributed by atoms with Gasteiger partial charge >= 0.3 is 0 Å². The van der Waals surface area contributed by atoms with Gasteiger partial charge in [0.25, 0.3) is 5.91 Å². The van der Waals surface area contributed by atoms with Crippen molar-refractivity contribution in [1.82, 2.24) is 10.2 Å². The van der Waals surface area contributed by atoms with Gasteiger partial charge in [0.2, 0.25) is 15.0 Å². The molecule has 1 aliphatic heterocycles. The van der Waals surface area contributed by atoms with Crippen LogP contribution < -0.4 is 4.90 Å². The highest BCUT2D eigenvalue weighted by atomic mass is 35.5. The number of amides is 1. The molecule has 0 bridgehead atoms. The van der Waals surface area contributed by atoms with E-state index in [2.05, 4.69) is 10.2 Å². The average Bonchev–Trinajstić information content (AvgIpc) is 3.47. The lowest BCUT2D eigenvalue weighted by molar-refractivity contribution is -0.117. The van der Waals surface area contributed by atoms with E-state index < -0.39 is 32.5 Å². The Morgan fingerprint density at radius 1 is 0.947 bits per heavy atom. The van der Waals surface area contributed by atoms with Gasteiger partial charge in [0, 0.05) is 15.8 Å². The smallest absolute Gasteiger partial charge is 0.296 e. The Balaban J connectivity index is 1.53. The van der Waals surface area contributed by atoms with E-state index in [4.69, 9.17) is 23.2 Å². The second-order valence-corrected chi connectivity index (χ2v) is 13.4. The first-order valence-corrected chi connectivity index (χ1v) is 15.2. The second kappa shape index (κ2) is 10.7. The summed E-state index contributed by atoms with van der Waals surface area (Å²) in [6.45, 7) is 2.02. The van der Waals surface area contributed by atoms with Crippen LogP contribution in [-0.4, -0.2) is 29.6 Å². The molecule has 38 heavy (non-hydrogen) atoms. The fourth-order valence-electron chi connectivity index (χ4n) is 3.93. The minimum Gasteiger partial charge on any atom is -0.502 e. The number of sulfone groups is 1. The second-order valence-electron chi connectivity index (χ2n) is 8.42. The number of carbonyl (C=O) groups is 1. The molecule has 0 radical (unpaired) electrons. The Morgan fingerprint density at radius 3 is 2.18 bits per heavy atom. The number of hydrogen-bond acceptors (Lipinski definition) is 8. The summed E-state index contributed by atoms with van der Waals surface area (Å²) in [6.07, 6.45) is 0. The van der Waals surface area contributed by atoms with Crippen molar-refractivity contribution in [3.63, 3.8) is 0 Å². The van der Waals surface area contributed by atoms with Crippen LogP contribution in [0.5, 0.6) is 0 Å². The van der Waals surface area contributed by atoms with Crippen LogP contribution in [0.2, 0.25) is 10.0 Å². The van der Waals surface area contributed by atoms with Crippen molar-refractivity contribution in [1.29, 1.82) is 0 Å². The standard InChI is InChI=1S/C26H19Cl2N3O4S3/c1-15-2-4-16(5-3-15)14-36-26-30-29-25(37-26)31-21(17-6-8-18(27)9-7-17)23(22(32)24(31)33)38(34,35)20-12-10-19(28)11-13-20/h2-13,21,32H,14H2,1H3. The predicted molar refractivity (Wildman–Crippen MR) is 151 cm³/mol. The summed E-state index contributed by atoms with van der Waals surface area (Å²) >= 11 is 14.6. The summed E-state index contributed by atoms with van der Waals surface area (Å²) in [6, 6.07) is 18.8. The first-order valence-electron chi connectivity index (χ1n) is 11.2. The maximum atomic E-state index is 13.7. The van der Waals surface area contributed by atoms with Crippen molar-refractivity contribution in [2.45, 2.75) is 28.0 Å². The zero-order valence-electron chi connectivity index (χ0n) is 19.7. The third-order valence-corrected chi connectivity index (χ3v) is 10.4. The average molecular weight is 605 g/mol. The Kier molecular flexibility index (Phi) is 7.52. The van der Waals surface area contributed by atoms with Crippen molar-refractivity contribution in [2.75, 3.05) is 4.90 Å². The number of nitrogens with zero attached hydrogens (tertiary/aromatic N) is 3. The minimum atomic E-state index is -4.30. The summed E-state index contributed by atoms with van der Waals surface area (Å²) < 4.78 is 28.0. The first-order chi connectivity index (χ1) is 18.1. The number of anilines is 1. The van der Waals surface area contributed by atoms with Crippen molar-refractivity contribution in [3.05, 3.63) is 110 Å². The van der Waals surface area contributed by atoms with Gasteiger partial charge in [-0.2, -0.15) is 0 Å². The maximum absolute atomic E-state index is 13.7. The lowest BCUT2D eigenvalue weighted by atomic mass is 10.1. The number of benzene rings is 3. The molecule has 0 spiro atoms. The van der Waals surface area contributed by atoms with Crippen LogP contribution in [0.3, 0.4) is 0 Å². The quantitative estimate of drug-likeness (QED) is 0.183. The highest BCUT2D eigenvalue weighted by molar-refractivity contribution is 8.00. The van der Waals surface area contributed by atoms with Crippen LogP contribution in [0.25, 0.3) is 0 Å². The van der Waals surface area contributed by atoms with E-state index in [-0.39, 0.29) is 10.0 Å². The molecule has 0 saturated carbocycles. The number of halogens is 2. The number of aliphatic hydroxyl groups excluding tert-OH is 1. The number of carbonyl (C=O) groups excluding carboxylic acids is 1. The number of aliphatic hydroxyl groups is 1. The number of aromatic nitrogens is 2. The molecule has 12 heteroatoms. The van der Waals surface area contributed by atoms with E-state index in [0.29, 0.717) is 25.7 Å². The number of rotatable bonds is 7. The molecule has 1 aliphatic rings. The van der Waals surface area contributed by atoms with Crippen LogP contribution in [-0.2, 0) is 20.4 Å². The molecule has 0 saturated heterocycles. The monoisotopic (exact) mass is 603 g/mol. The summed E-state index contributed by atoms with van der Waals surface area (Å²) in [5, 5.41) is 20.2. The summed E-state index contributed by atoms with van der Waals surface area (Å²) in [5.74, 6) is -1.11. The van der Waals surface area contributed by atoms with Gasteiger partial charge in [-0.3, -0.25) is 9.69 Å². The number of hydrogen-bond donors (Lipinski definition) is 1. The van der Waals surface area contributed by atoms with E-state index in [0.717, 1.165) is 27.4 Å². The minimum absolute atomic E-state index is 0.108. The van der Waals surface area contributed by atoms with E-state index in [1.54, 1.807) is 24.3 Å². The highest BCUT2D eigenvalue weighted by Gasteiger charge is 2.48. The van der Waals surface area contributed by atoms with Gasteiger partial charge in [-0.25, -0.2) is 8.42 Å². The lowest BCUT2D eigenvalue weighted by Gasteiger charge is -2.24. The fraction of sp³-hybridized carbons (Fsp3) is 0.115. The molecule has 194 valence electrons. The number of thioether (sulfide) groups is 1. The van der Waals surface area contributed by atoms with Crippen molar-refractivity contribution in [3.8, 4) is 0 Å². The Bertz CT molecular complexity index is 1640. The van der Waals surface area contributed by atoms with Crippen LogP contribution in [0, 0.1) is 6.92 Å². The van der Waals surface area contributed by atoms with Gasteiger partial charge in [-0.15, -0.1) is 10.2 Å². The molecule has 5 rings (SSSR count). The molecule has 0 fully saturated rings. The van der Waals surface area contributed by atoms with Gasteiger partial charge in [0.15, 0.2) is 10.1 Å². The predicted octanol–water partition coefficient (Wildman–Crippen LogP) is 6.78. The van der Waals surface area contributed by atoms with Crippen molar-refractivity contribution < 1.29 is 18.3 Å². The van der Waals surface area contributed by atoms with Crippen molar-refractivity contribution in [2.24, 2.45) is 0 Å².